The Balaban J connectivity index is 1.60. The summed E-state index contributed by atoms with van der Waals surface area (Å²) in [6, 6.07) is 13.7. The van der Waals surface area contributed by atoms with Crippen LogP contribution in [0.15, 0.2) is 54.4 Å². The minimum atomic E-state index is -0.969. The summed E-state index contributed by atoms with van der Waals surface area (Å²) in [7, 11) is 2.08. The summed E-state index contributed by atoms with van der Waals surface area (Å²) in [4.78, 5) is 21.5. The number of aromatic nitrogens is 4. The number of benzene rings is 1. The Kier molecular flexibility index (Phi) is 4.58. The Morgan fingerprint density at radius 3 is 2.77 bits per heavy atom. The van der Waals surface area contributed by atoms with Crippen LogP contribution in [-0.2, 0) is 13.0 Å². The molecule has 0 radical (unpaired) electrons. The first-order valence-corrected chi connectivity index (χ1v) is 10.4. The van der Waals surface area contributed by atoms with Gasteiger partial charge < -0.3 is 15.0 Å². The van der Waals surface area contributed by atoms with Crippen LogP contribution in [-0.4, -0.2) is 37.9 Å². The van der Waals surface area contributed by atoms with Crippen molar-refractivity contribution in [1.82, 2.24) is 19.7 Å². The number of carboxylic acid groups (broad SMARTS) is 1. The molecule has 0 atom stereocenters. The van der Waals surface area contributed by atoms with E-state index in [1.165, 1.54) is 23.5 Å². The maximum atomic E-state index is 11.6. The highest BCUT2D eigenvalue weighted by Crippen LogP contribution is 2.35. The van der Waals surface area contributed by atoms with E-state index in [4.69, 9.17) is 5.10 Å². The molecule has 5 rings (SSSR count). The lowest BCUT2D eigenvalue weighted by molar-refractivity contribution is 0.0698. The lowest BCUT2D eigenvalue weighted by Crippen LogP contribution is -2.18. The van der Waals surface area contributed by atoms with Crippen LogP contribution in [0, 0.1) is 0 Å². The SMILES string of the molecule is CCn1nc2c(c1-c1cc3nccc(C(=O)O)c3[nH]1)CCC(N(C)c1ccccc1)=C2. The highest BCUT2D eigenvalue weighted by molar-refractivity contribution is 6.02. The zero-order valence-corrected chi connectivity index (χ0v) is 17.5. The number of fused-ring (bicyclic) bond motifs is 2. The predicted octanol–water partition coefficient (Wildman–Crippen LogP) is 4.57. The van der Waals surface area contributed by atoms with Crippen LogP contribution in [0.1, 0.15) is 35.0 Å². The van der Waals surface area contributed by atoms with E-state index < -0.39 is 5.97 Å². The molecule has 0 unspecified atom stereocenters. The zero-order chi connectivity index (χ0) is 21.5. The molecule has 2 N–H and O–H groups in total. The van der Waals surface area contributed by atoms with E-state index >= 15 is 0 Å². The van der Waals surface area contributed by atoms with Gasteiger partial charge in [-0.3, -0.25) is 9.67 Å². The van der Waals surface area contributed by atoms with Crippen molar-refractivity contribution < 1.29 is 9.90 Å². The number of H-pyrrole nitrogens is 1. The molecule has 0 aliphatic heterocycles. The maximum Gasteiger partial charge on any atom is 0.337 e. The third-order valence-corrected chi connectivity index (χ3v) is 5.90. The van der Waals surface area contributed by atoms with Gasteiger partial charge in [0, 0.05) is 36.7 Å². The van der Waals surface area contributed by atoms with Crippen LogP contribution < -0.4 is 4.90 Å². The molecule has 7 heteroatoms. The molecule has 1 aliphatic rings. The minimum Gasteiger partial charge on any atom is -0.478 e. The number of aromatic carboxylic acids is 1. The van der Waals surface area contributed by atoms with Crippen molar-refractivity contribution in [2.75, 3.05) is 11.9 Å². The number of carboxylic acids is 1. The molecule has 0 bridgehead atoms. The van der Waals surface area contributed by atoms with E-state index in [1.54, 1.807) is 0 Å². The van der Waals surface area contributed by atoms with E-state index in [1.807, 2.05) is 28.9 Å². The van der Waals surface area contributed by atoms with Gasteiger partial charge in [0.1, 0.15) is 0 Å². The summed E-state index contributed by atoms with van der Waals surface area (Å²) >= 11 is 0. The van der Waals surface area contributed by atoms with E-state index in [0.717, 1.165) is 35.6 Å². The van der Waals surface area contributed by atoms with E-state index in [0.29, 0.717) is 17.6 Å². The summed E-state index contributed by atoms with van der Waals surface area (Å²) in [5.74, 6) is -0.969. The van der Waals surface area contributed by atoms with E-state index in [2.05, 4.69) is 47.0 Å². The Labute approximate surface area is 179 Å². The fraction of sp³-hybridized carbons (Fsp3) is 0.208. The molecule has 156 valence electrons. The smallest absolute Gasteiger partial charge is 0.337 e. The van der Waals surface area contributed by atoms with Crippen LogP contribution >= 0.6 is 0 Å². The van der Waals surface area contributed by atoms with Gasteiger partial charge in [0.05, 0.1) is 33.7 Å². The van der Waals surface area contributed by atoms with Crippen molar-refractivity contribution in [3.8, 4) is 11.4 Å². The molecule has 0 spiro atoms. The molecule has 31 heavy (non-hydrogen) atoms. The van der Waals surface area contributed by atoms with Crippen molar-refractivity contribution in [3.05, 3.63) is 71.2 Å². The van der Waals surface area contributed by atoms with Crippen LogP contribution in [0.5, 0.6) is 0 Å². The quantitative estimate of drug-likeness (QED) is 0.501. The number of hydrogen-bond donors (Lipinski definition) is 2. The third kappa shape index (κ3) is 3.18. The van der Waals surface area contributed by atoms with Crippen molar-refractivity contribution >= 4 is 28.8 Å². The van der Waals surface area contributed by atoms with Crippen LogP contribution in [0.2, 0.25) is 0 Å². The number of anilines is 1. The van der Waals surface area contributed by atoms with Crippen molar-refractivity contribution in [1.29, 1.82) is 0 Å². The number of aryl methyl sites for hydroxylation is 1. The number of allylic oxidation sites excluding steroid dienone is 1. The molecule has 3 aromatic heterocycles. The first-order valence-electron chi connectivity index (χ1n) is 10.4. The highest BCUT2D eigenvalue weighted by atomic mass is 16.4. The number of aromatic amines is 1. The molecule has 3 heterocycles. The number of para-hydroxylation sites is 1. The Morgan fingerprint density at radius 2 is 2.03 bits per heavy atom. The van der Waals surface area contributed by atoms with Gasteiger partial charge in [-0.2, -0.15) is 5.10 Å². The number of carbonyl (C=O) groups is 1. The Bertz CT molecular complexity index is 1320. The first-order chi connectivity index (χ1) is 15.1. The fourth-order valence-corrected chi connectivity index (χ4v) is 4.31. The molecule has 0 saturated carbocycles. The molecule has 0 amide bonds. The molecule has 1 aliphatic carbocycles. The van der Waals surface area contributed by atoms with Crippen molar-refractivity contribution in [2.24, 2.45) is 0 Å². The number of nitrogens with one attached hydrogen (secondary N) is 1. The normalized spacial score (nSPS) is 13.2. The molecule has 1 aromatic carbocycles. The van der Waals surface area contributed by atoms with Gasteiger partial charge >= 0.3 is 5.97 Å². The molecule has 0 saturated heterocycles. The molecular weight excluding hydrogens is 390 g/mol. The number of pyridine rings is 1. The van der Waals surface area contributed by atoms with Crippen molar-refractivity contribution in [2.45, 2.75) is 26.3 Å². The van der Waals surface area contributed by atoms with E-state index in [-0.39, 0.29) is 5.56 Å². The van der Waals surface area contributed by atoms with Gasteiger partial charge in [0.25, 0.3) is 0 Å². The van der Waals surface area contributed by atoms with Gasteiger partial charge in [-0.05, 0) is 50.1 Å². The summed E-state index contributed by atoms with van der Waals surface area (Å²) in [5.41, 5.74) is 7.76. The van der Waals surface area contributed by atoms with Crippen LogP contribution in [0.25, 0.3) is 28.5 Å². The van der Waals surface area contributed by atoms with Gasteiger partial charge in [-0.1, -0.05) is 18.2 Å². The summed E-state index contributed by atoms with van der Waals surface area (Å²) in [5, 5.41) is 14.4. The predicted molar refractivity (Wildman–Crippen MR) is 121 cm³/mol. The number of rotatable bonds is 5. The standard InChI is InChI=1S/C24H23N5O2/c1-3-29-23(21-14-20-22(26-21)18(24(30)31)11-12-25-20)17-10-9-16(13-19(17)27-29)28(2)15-7-5-4-6-8-15/h4-8,11-14,26H,3,9-10H2,1-2H3,(H,30,31). The summed E-state index contributed by atoms with van der Waals surface area (Å²) in [6.45, 7) is 2.78. The highest BCUT2D eigenvalue weighted by Gasteiger charge is 2.25. The maximum absolute atomic E-state index is 11.6. The van der Waals surface area contributed by atoms with Gasteiger partial charge in [-0.25, -0.2) is 4.79 Å². The molecule has 0 fully saturated rings. The lowest BCUT2D eigenvalue weighted by Gasteiger charge is -2.25. The third-order valence-electron chi connectivity index (χ3n) is 5.90. The zero-order valence-electron chi connectivity index (χ0n) is 17.5. The van der Waals surface area contributed by atoms with Gasteiger partial charge in [0.15, 0.2) is 0 Å². The minimum absolute atomic E-state index is 0.222. The fourth-order valence-electron chi connectivity index (χ4n) is 4.31. The second-order valence-electron chi connectivity index (χ2n) is 7.67. The van der Waals surface area contributed by atoms with Crippen LogP contribution in [0.4, 0.5) is 5.69 Å². The first kappa shape index (κ1) is 19.1. The van der Waals surface area contributed by atoms with Gasteiger partial charge in [-0.15, -0.1) is 0 Å². The second-order valence-corrected chi connectivity index (χ2v) is 7.67. The summed E-state index contributed by atoms with van der Waals surface area (Å²) in [6.07, 6.45) is 5.46. The van der Waals surface area contributed by atoms with Gasteiger partial charge in [0.2, 0.25) is 0 Å². The average Bonchev–Trinajstić information content (AvgIpc) is 3.38. The summed E-state index contributed by atoms with van der Waals surface area (Å²) < 4.78 is 1.98. The average molecular weight is 413 g/mol. The lowest BCUT2D eigenvalue weighted by atomic mass is 9.97. The molecule has 4 aromatic rings. The second kappa shape index (κ2) is 7.43. The number of hydrogen-bond acceptors (Lipinski definition) is 4. The van der Waals surface area contributed by atoms with E-state index in [9.17, 15) is 9.90 Å². The number of nitrogens with zero attached hydrogens (tertiary/aromatic N) is 4. The Hall–Kier alpha value is -3.87. The largest absolute Gasteiger partial charge is 0.478 e. The monoisotopic (exact) mass is 413 g/mol. The van der Waals surface area contributed by atoms with Crippen molar-refractivity contribution in [3.63, 3.8) is 0 Å². The Morgan fingerprint density at radius 1 is 1.23 bits per heavy atom. The molecular formula is C24H23N5O2. The van der Waals surface area contributed by atoms with Crippen LogP contribution in [0.3, 0.4) is 0 Å². The topological polar surface area (TPSA) is 87.0 Å². The molecule has 7 nitrogen and oxygen atoms in total.